The minimum absolute atomic E-state index is 0.132. The Bertz CT molecular complexity index is 795. The highest BCUT2D eigenvalue weighted by Crippen LogP contribution is 2.22. The third-order valence-corrected chi connectivity index (χ3v) is 4.22. The summed E-state index contributed by atoms with van der Waals surface area (Å²) in [6.07, 6.45) is 0.256. The van der Waals surface area contributed by atoms with E-state index in [9.17, 15) is 9.18 Å². The fourth-order valence-electron chi connectivity index (χ4n) is 2.29. The molecule has 0 unspecified atom stereocenters. The minimum atomic E-state index is -0.272. The summed E-state index contributed by atoms with van der Waals surface area (Å²) in [4.78, 5) is 16.1. The number of nitrogens with zero attached hydrogens (tertiary/aromatic N) is 1. The maximum atomic E-state index is 13.6. The van der Waals surface area contributed by atoms with Gasteiger partial charge >= 0.3 is 0 Å². The number of halogens is 2. The van der Waals surface area contributed by atoms with Gasteiger partial charge in [0.2, 0.25) is 5.91 Å². The number of hydrogen-bond donors (Lipinski definition) is 3. The normalized spacial score (nSPS) is 11.2. The van der Waals surface area contributed by atoms with Crippen molar-refractivity contribution in [2.45, 2.75) is 19.9 Å². The molecule has 0 aromatic heterocycles. The first kappa shape index (κ1) is 19.7. The first-order valence-corrected chi connectivity index (χ1v) is 8.62. The van der Waals surface area contributed by atoms with Crippen LogP contribution in [0.25, 0.3) is 0 Å². The molecule has 5 nitrogen and oxygen atoms in total. The van der Waals surface area contributed by atoms with Crippen LogP contribution < -0.4 is 16.0 Å². The molecule has 2 aromatic carbocycles. The van der Waals surface area contributed by atoms with Crippen LogP contribution in [-0.4, -0.2) is 25.5 Å². The molecule has 2 rings (SSSR count). The summed E-state index contributed by atoms with van der Waals surface area (Å²) >= 11 is 6.04. The Hall–Kier alpha value is -2.60. The summed E-state index contributed by atoms with van der Waals surface area (Å²) in [5.41, 5.74) is 2.08. The standard InChI is InChI=1S/C19H22ClFN4O/c1-13-15(20)7-5-9-17(13)25-18(26)10-11-23-19(22-2)24-12-14-6-3-4-8-16(14)21/h3-9H,10-12H2,1-2H3,(H,25,26)(H2,22,23,24). The second-order valence-corrected chi connectivity index (χ2v) is 6.06. The highest BCUT2D eigenvalue weighted by Gasteiger charge is 2.07. The lowest BCUT2D eigenvalue weighted by Crippen LogP contribution is -2.38. The quantitative estimate of drug-likeness (QED) is 0.534. The fourth-order valence-corrected chi connectivity index (χ4v) is 2.47. The van der Waals surface area contributed by atoms with E-state index < -0.39 is 0 Å². The summed E-state index contributed by atoms with van der Waals surface area (Å²) in [6.45, 7) is 2.55. The van der Waals surface area contributed by atoms with Crippen LogP contribution in [0.2, 0.25) is 5.02 Å². The number of anilines is 1. The molecule has 0 saturated heterocycles. The number of carbonyl (C=O) groups excluding carboxylic acids is 1. The van der Waals surface area contributed by atoms with Crippen LogP contribution in [-0.2, 0) is 11.3 Å². The van der Waals surface area contributed by atoms with E-state index in [-0.39, 0.29) is 18.1 Å². The van der Waals surface area contributed by atoms with E-state index >= 15 is 0 Å². The molecular weight excluding hydrogens is 355 g/mol. The van der Waals surface area contributed by atoms with Crippen molar-refractivity contribution in [2.24, 2.45) is 4.99 Å². The summed E-state index contributed by atoms with van der Waals surface area (Å²) in [5, 5.41) is 9.49. The third-order valence-electron chi connectivity index (χ3n) is 3.81. The maximum absolute atomic E-state index is 13.6. The van der Waals surface area contributed by atoms with Crippen LogP contribution in [0.5, 0.6) is 0 Å². The molecule has 0 fully saturated rings. The van der Waals surface area contributed by atoms with E-state index in [0.717, 1.165) is 5.56 Å². The van der Waals surface area contributed by atoms with Crippen molar-refractivity contribution in [1.29, 1.82) is 0 Å². The Balaban J connectivity index is 1.77. The summed E-state index contributed by atoms with van der Waals surface area (Å²) in [6, 6.07) is 11.9. The van der Waals surface area contributed by atoms with E-state index in [1.807, 2.05) is 6.92 Å². The highest BCUT2D eigenvalue weighted by molar-refractivity contribution is 6.31. The van der Waals surface area contributed by atoms with Crippen LogP contribution in [0.1, 0.15) is 17.5 Å². The number of hydrogen-bond acceptors (Lipinski definition) is 2. The second-order valence-electron chi connectivity index (χ2n) is 5.65. The molecule has 2 aromatic rings. The third kappa shape index (κ3) is 5.74. The molecule has 3 N–H and O–H groups in total. The SMILES string of the molecule is CN=C(NCCC(=O)Nc1cccc(Cl)c1C)NCc1ccccc1F. The van der Waals surface area contributed by atoms with Crippen LogP contribution in [0, 0.1) is 12.7 Å². The Labute approximate surface area is 157 Å². The van der Waals surface area contributed by atoms with Gasteiger partial charge < -0.3 is 16.0 Å². The van der Waals surface area contributed by atoms with E-state index in [4.69, 9.17) is 11.6 Å². The average molecular weight is 377 g/mol. The van der Waals surface area contributed by atoms with Crippen LogP contribution in [0.4, 0.5) is 10.1 Å². The average Bonchev–Trinajstić information content (AvgIpc) is 2.63. The number of guanidine groups is 1. The molecule has 0 aliphatic heterocycles. The molecule has 0 saturated carbocycles. The molecule has 0 atom stereocenters. The van der Waals surface area contributed by atoms with Crippen molar-refractivity contribution in [2.75, 3.05) is 18.9 Å². The van der Waals surface area contributed by atoms with Gasteiger partial charge in [0.15, 0.2) is 5.96 Å². The molecule has 7 heteroatoms. The lowest BCUT2D eigenvalue weighted by atomic mass is 10.2. The maximum Gasteiger partial charge on any atom is 0.226 e. The van der Waals surface area contributed by atoms with Gasteiger partial charge in [0.05, 0.1) is 0 Å². The Morgan fingerprint density at radius 2 is 1.92 bits per heavy atom. The summed E-state index contributed by atoms with van der Waals surface area (Å²) in [7, 11) is 1.62. The molecule has 0 aliphatic carbocycles. The van der Waals surface area contributed by atoms with Crippen molar-refractivity contribution in [3.8, 4) is 0 Å². The van der Waals surface area contributed by atoms with Crippen LogP contribution >= 0.6 is 11.6 Å². The molecular formula is C19H22ClFN4O. The molecule has 1 amide bonds. The van der Waals surface area contributed by atoms with Crippen LogP contribution in [0.15, 0.2) is 47.5 Å². The summed E-state index contributed by atoms with van der Waals surface area (Å²) in [5.74, 6) is 0.0964. The van der Waals surface area contributed by atoms with Crippen molar-refractivity contribution in [1.82, 2.24) is 10.6 Å². The number of nitrogens with one attached hydrogen (secondary N) is 3. The van der Waals surface area contributed by atoms with Gasteiger partial charge in [-0.05, 0) is 30.7 Å². The van der Waals surface area contributed by atoms with E-state index in [2.05, 4.69) is 20.9 Å². The van der Waals surface area contributed by atoms with E-state index in [1.54, 1.807) is 43.4 Å². The smallest absolute Gasteiger partial charge is 0.226 e. The zero-order valence-corrected chi connectivity index (χ0v) is 15.5. The molecule has 26 heavy (non-hydrogen) atoms. The van der Waals surface area contributed by atoms with Crippen molar-refractivity contribution >= 4 is 29.2 Å². The van der Waals surface area contributed by atoms with Gasteiger partial charge in [0.25, 0.3) is 0 Å². The van der Waals surface area contributed by atoms with Gasteiger partial charge in [-0.3, -0.25) is 9.79 Å². The topological polar surface area (TPSA) is 65.5 Å². The molecule has 138 valence electrons. The Morgan fingerprint density at radius 3 is 2.65 bits per heavy atom. The van der Waals surface area contributed by atoms with Crippen molar-refractivity contribution < 1.29 is 9.18 Å². The highest BCUT2D eigenvalue weighted by atomic mass is 35.5. The number of carbonyl (C=O) groups is 1. The summed E-state index contributed by atoms with van der Waals surface area (Å²) < 4.78 is 13.6. The zero-order valence-electron chi connectivity index (χ0n) is 14.8. The lowest BCUT2D eigenvalue weighted by molar-refractivity contribution is -0.116. The number of benzene rings is 2. The van der Waals surface area contributed by atoms with Crippen molar-refractivity contribution in [3.63, 3.8) is 0 Å². The van der Waals surface area contributed by atoms with Gasteiger partial charge in [-0.1, -0.05) is 35.9 Å². The predicted octanol–water partition coefficient (Wildman–Crippen LogP) is 3.48. The van der Waals surface area contributed by atoms with Gasteiger partial charge in [-0.2, -0.15) is 0 Å². The number of amides is 1. The second kappa shape index (κ2) is 9.77. The van der Waals surface area contributed by atoms with E-state index in [1.165, 1.54) is 6.07 Å². The number of rotatable bonds is 6. The van der Waals surface area contributed by atoms with Crippen molar-refractivity contribution in [3.05, 3.63) is 64.4 Å². The lowest BCUT2D eigenvalue weighted by Gasteiger charge is -2.13. The largest absolute Gasteiger partial charge is 0.356 e. The first-order chi connectivity index (χ1) is 12.5. The van der Waals surface area contributed by atoms with Gasteiger partial charge in [0.1, 0.15) is 5.82 Å². The van der Waals surface area contributed by atoms with Gasteiger partial charge in [-0.15, -0.1) is 0 Å². The predicted molar refractivity (Wildman–Crippen MR) is 104 cm³/mol. The van der Waals surface area contributed by atoms with E-state index in [0.29, 0.717) is 35.3 Å². The molecule has 0 bridgehead atoms. The molecule has 0 heterocycles. The molecule has 0 aliphatic rings. The minimum Gasteiger partial charge on any atom is -0.356 e. The Morgan fingerprint density at radius 1 is 1.15 bits per heavy atom. The molecule has 0 spiro atoms. The Kier molecular flexibility index (Phi) is 7.41. The van der Waals surface area contributed by atoms with Gasteiger partial charge in [-0.25, -0.2) is 4.39 Å². The molecule has 0 radical (unpaired) electrons. The van der Waals surface area contributed by atoms with Gasteiger partial charge in [0, 0.05) is 42.8 Å². The first-order valence-electron chi connectivity index (χ1n) is 8.24. The van der Waals surface area contributed by atoms with Crippen LogP contribution in [0.3, 0.4) is 0 Å². The number of aliphatic imine (C=N–C) groups is 1. The monoisotopic (exact) mass is 376 g/mol. The zero-order chi connectivity index (χ0) is 18.9. The fraction of sp³-hybridized carbons (Fsp3) is 0.263.